The maximum atomic E-state index is 13.1. The third-order valence-electron chi connectivity index (χ3n) is 3.24. The number of benzene rings is 1. The van der Waals surface area contributed by atoms with Crippen LogP contribution in [-0.4, -0.2) is 32.3 Å². The van der Waals surface area contributed by atoms with Gasteiger partial charge in [0.15, 0.2) is 5.96 Å². The minimum Gasteiger partial charge on any atom is -0.379 e. The van der Waals surface area contributed by atoms with Gasteiger partial charge in [-0.2, -0.15) is 0 Å². The molecule has 1 aromatic carbocycles. The van der Waals surface area contributed by atoms with Crippen molar-refractivity contribution >= 4 is 29.9 Å². The Morgan fingerprint density at radius 2 is 2.18 bits per heavy atom. The number of nitrogens with one attached hydrogen (secondary N) is 2. The monoisotopic (exact) mass is 421 g/mol. The molecule has 4 nitrogen and oxygen atoms in total. The third kappa shape index (κ3) is 7.93. The van der Waals surface area contributed by atoms with Gasteiger partial charge >= 0.3 is 0 Å². The Kier molecular flexibility index (Phi) is 9.38. The molecule has 0 bridgehead atoms. The van der Waals surface area contributed by atoms with Crippen molar-refractivity contribution in [1.29, 1.82) is 0 Å². The molecule has 0 amide bonds. The SMILES string of the molecule is CCNC(=NCc1cccc(F)c1)NCCOCC1CC1.I. The van der Waals surface area contributed by atoms with Crippen molar-refractivity contribution in [3.05, 3.63) is 35.6 Å². The van der Waals surface area contributed by atoms with Crippen molar-refractivity contribution in [3.8, 4) is 0 Å². The van der Waals surface area contributed by atoms with Crippen LogP contribution in [0.2, 0.25) is 0 Å². The Hall–Kier alpha value is -0.890. The van der Waals surface area contributed by atoms with Gasteiger partial charge in [-0.3, -0.25) is 0 Å². The zero-order valence-corrected chi connectivity index (χ0v) is 15.3. The van der Waals surface area contributed by atoms with Gasteiger partial charge in [-0.15, -0.1) is 24.0 Å². The van der Waals surface area contributed by atoms with Gasteiger partial charge in [-0.05, 0) is 43.4 Å². The fourth-order valence-electron chi connectivity index (χ4n) is 1.92. The van der Waals surface area contributed by atoms with Crippen LogP contribution in [0.15, 0.2) is 29.3 Å². The number of nitrogens with zero attached hydrogens (tertiary/aromatic N) is 1. The van der Waals surface area contributed by atoms with Crippen LogP contribution in [0.25, 0.3) is 0 Å². The molecule has 0 saturated heterocycles. The first-order valence-corrected chi connectivity index (χ1v) is 7.62. The van der Waals surface area contributed by atoms with E-state index in [9.17, 15) is 4.39 Å². The summed E-state index contributed by atoms with van der Waals surface area (Å²) in [6.45, 7) is 5.54. The van der Waals surface area contributed by atoms with Crippen molar-refractivity contribution in [2.24, 2.45) is 10.9 Å². The first kappa shape index (κ1) is 19.2. The highest BCUT2D eigenvalue weighted by molar-refractivity contribution is 14.0. The zero-order valence-electron chi connectivity index (χ0n) is 13.0. The number of hydrogen-bond donors (Lipinski definition) is 2. The van der Waals surface area contributed by atoms with E-state index in [1.165, 1.54) is 25.0 Å². The van der Waals surface area contributed by atoms with Gasteiger partial charge in [-0.1, -0.05) is 12.1 Å². The topological polar surface area (TPSA) is 45.7 Å². The minimum atomic E-state index is -0.228. The Balaban J connectivity index is 0.00000242. The average Bonchev–Trinajstić information content (AvgIpc) is 3.28. The average molecular weight is 421 g/mol. The predicted molar refractivity (Wildman–Crippen MR) is 98.2 cm³/mol. The molecular formula is C16H25FIN3O. The van der Waals surface area contributed by atoms with Gasteiger partial charge in [0.05, 0.1) is 13.2 Å². The normalized spacial score (nSPS) is 14.4. The van der Waals surface area contributed by atoms with E-state index in [0.29, 0.717) is 13.2 Å². The molecule has 1 aliphatic carbocycles. The summed E-state index contributed by atoms with van der Waals surface area (Å²) in [6, 6.07) is 6.51. The van der Waals surface area contributed by atoms with E-state index in [1.54, 1.807) is 6.07 Å². The van der Waals surface area contributed by atoms with E-state index in [2.05, 4.69) is 15.6 Å². The van der Waals surface area contributed by atoms with Crippen LogP contribution in [0.5, 0.6) is 0 Å². The van der Waals surface area contributed by atoms with Crippen molar-refractivity contribution in [3.63, 3.8) is 0 Å². The summed E-state index contributed by atoms with van der Waals surface area (Å²) in [4.78, 5) is 4.44. The minimum absolute atomic E-state index is 0. The van der Waals surface area contributed by atoms with Gasteiger partial charge in [0.1, 0.15) is 5.82 Å². The van der Waals surface area contributed by atoms with Crippen LogP contribution in [-0.2, 0) is 11.3 Å². The van der Waals surface area contributed by atoms with Crippen molar-refractivity contribution in [2.45, 2.75) is 26.3 Å². The van der Waals surface area contributed by atoms with Gasteiger partial charge in [0.2, 0.25) is 0 Å². The molecule has 1 aliphatic rings. The fraction of sp³-hybridized carbons (Fsp3) is 0.562. The number of aliphatic imine (C=N–C) groups is 1. The lowest BCUT2D eigenvalue weighted by Crippen LogP contribution is -2.39. The number of guanidine groups is 1. The van der Waals surface area contributed by atoms with Crippen molar-refractivity contribution in [1.82, 2.24) is 10.6 Å². The summed E-state index contributed by atoms with van der Waals surface area (Å²) >= 11 is 0. The smallest absolute Gasteiger partial charge is 0.191 e. The molecule has 2 N–H and O–H groups in total. The Morgan fingerprint density at radius 3 is 2.86 bits per heavy atom. The number of halogens is 2. The molecular weight excluding hydrogens is 396 g/mol. The molecule has 0 unspecified atom stereocenters. The van der Waals surface area contributed by atoms with Crippen LogP contribution in [0.1, 0.15) is 25.3 Å². The molecule has 0 aliphatic heterocycles. The first-order valence-electron chi connectivity index (χ1n) is 7.62. The molecule has 0 atom stereocenters. The van der Waals surface area contributed by atoms with E-state index < -0.39 is 0 Å². The second-order valence-corrected chi connectivity index (χ2v) is 5.27. The van der Waals surface area contributed by atoms with E-state index in [0.717, 1.165) is 37.1 Å². The summed E-state index contributed by atoms with van der Waals surface area (Å²) in [5.74, 6) is 1.30. The molecule has 0 radical (unpaired) electrons. The maximum Gasteiger partial charge on any atom is 0.191 e. The Morgan fingerprint density at radius 1 is 1.36 bits per heavy atom. The number of rotatable bonds is 8. The third-order valence-corrected chi connectivity index (χ3v) is 3.24. The molecule has 1 aromatic rings. The quantitative estimate of drug-likeness (QED) is 0.294. The fourth-order valence-corrected chi connectivity index (χ4v) is 1.92. The Labute approximate surface area is 148 Å². The largest absolute Gasteiger partial charge is 0.379 e. The van der Waals surface area contributed by atoms with Gasteiger partial charge in [0, 0.05) is 19.7 Å². The van der Waals surface area contributed by atoms with Crippen molar-refractivity contribution < 1.29 is 9.13 Å². The molecule has 22 heavy (non-hydrogen) atoms. The zero-order chi connectivity index (χ0) is 14.9. The number of ether oxygens (including phenoxy) is 1. The van der Waals surface area contributed by atoms with E-state index in [4.69, 9.17) is 4.74 Å². The van der Waals surface area contributed by atoms with Gasteiger partial charge < -0.3 is 15.4 Å². The van der Waals surface area contributed by atoms with Crippen LogP contribution < -0.4 is 10.6 Å². The van der Waals surface area contributed by atoms with Crippen LogP contribution >= 0.6 is 24.0 Å². The highest BCUT2D eigenvalue weighted by atomic mass is 127. The van der Waals surface area contributed by atoms with Crippen LogP contribution in [0.4, 0.5) is 4.39 Å². The molecule has 0 aromatic heterocycles. The lowest BCUT2D eigenvalue weighted by molar-refractivity contribution is 0.129. The first-order chi connectivity index (χ1) is 10.3. The van der Waals surface area contributed by atoms with Crippen molar-refractivity contribution in [2.75, 3.05) is 26.3 Å². The summed E-state index contributed by atoms with van der Waals surface area (Å²) in [6.07, 6.45) is 2.62. The lowest BCUT2D eigenvalue weighted by atomic mass is 10.2. The molecule has 124 valence electrons. The summed E-state index contributed by atoms with van der Waals surface area (Å²) in [7, 11) is 0. The maximum absolute atomic E-state index is 13.1. The van der Waals surface area contributed by atoms with E-state index in [-0.39, 0.29) is 29.8 Å². The van der Waals surface area contributed by atoms with Crippen LogP contribution in [0, 0.1) is 11.7 Å². The summed E-state index contributed by atoms with van der Waals surface area (Å²) < 4.78 is 18.7. The van der Waals surface area contributed by atoms with E-state index >= 15 is 0 Å². The summed E-state index contributed by atoms with van der Waals surface area (Å²) in [5.41, 5.74) is 0.859. The number of hydrogen-bond acceptors (Lipinski definition) is 2. The predicted octanol–water partition coefficient (Wildman–Crippen LogP) is 2.93. The molecule has 1 fully saturated rings. The molecule has 2 rings (SSSR count). The molecule has 1 saturated carbocycles. The highest BCUT2D eigenvalue weighted by Gasteiger charge is 2.20. The molecule has 0 spiro atoms. The second-order valence-electron chi connectivity index (χ2n) is 5.27. The summed E-state index contributed by atoms with van der Waals surface area (Å²) in [5, 5.41) is 6.39. The van der Waals surface area contributed by atoms with E-state index in [1.807, 2.05) is 13.0 Å². The lowest BCUT2D eigenvalue weighted by Gasteiger charge is -2.11. The standard InChI is InChI=1S/C16H24FN3O.HI/c1-2-18-16(19-8-9-21-12-13-6-7-13)20-11-14-4-3-5-15(17)10-14;/h3-5,10,13H,2,6-9,11-12H2,1H3,(H2,18,19,20);1H. The van der Waals surface area contributed by atoms with Crippen LogP contribution in [0.3, 0.4) is 0 Å². The molecule has 6 heteroatoms. The second kappa shape index (κ2) is 10.8. The van der Waals surface area contributed by atoms with Gasteiger partial charge in [-0.25, -0.2) is 9.38 Å². The van der Waals surface area contributed by atoms with Gasteiger partial charge in [0.25, 0.3) is 0 Å². The Bertz CT molecular complexity index is 466. The molecule has 0 heterocycles. The highest BCUT2D eigenvalue weighted by Crippen LogP contribution is 2.28.